The smallest absolute Gasteiger partial charge is 0.303 e. The molecule has 1 aliphatic rings. The van der Waals surface area contributed by atoms with Crippen molar-refractivity contribution in [2.75, 3.05) is 18.8 Å². The number of nitrogens with one attached hydrogen (secondary N) is 1. The minimum Gasteiger partial charge on any atom is -0.481 e. The Bertz CT molecular complexity index is 371. The number of carboxylic acid groups (broad SMARTS) is 1. The molecule has 1 fully saturated rings. The van der Waals surface area contributed by atoms with Gasteiger partial charge in [-0.1, -0.05) is 11.8 Å². The van der Waals surface area contributed by atoms with E-state index in [0.29, 0.717) is 19.5 Å². The van der Waals surface area contributed by atoms with Crippen molar-refractivity contribution in [1.29, 1.82) is 0 Å². The molecule has 7 heteroatoms. The highest BCUT2D eigenvalue weighted by Crippen LogP contribution is 2.17. The maximum atomic E-state index is 11.8. The number of thioether (sulfide) groups is 1. The van der Waals surface area contributed by atoms with Gasteiger partial charge in [0, 0.05) is 37.2 Å². The van der Waals surface area contributed by atoms with Crippen LogP contribution in [0.5, 0.6) is 0 Å². The summed E-state index contributed by atoms with van der Waals surface area (Å²) in [4.78, 5) is 35.3. The number of hydrogen-bond donors (Lipinski definition) is 2. The van der Waals surface area contributed by atoms with Gasteiger partial charge in [-0.15, -0.1) is 0 Å². The fourth-order valence-corrected chi connectivity index (χ4v) is 2.64. The topological polar surface area (TPSA) is 86.7 Å². The summed E-state index contributed by atoms with van der Waals surface area (Å²) in [7, 11) is 0. The lowest BCUT2D eigenvalue weighted by Crippen LogP contribution is -2.44. The van der Waals surface area contributed by atoms with Gasteiger partial charge in [-0.3, -0.25) is 14.4 Å². The molecule has 2 N–H and O–H groups in total. The van der Waals surface area contributed by atoms with Crippen LogP contribution in [0.25, 0.3) is 0 Å². The summed E-state index contributed by atoms with van der Waals surface area (Å²) < 4.78 is 0. The molecule has 6 nitrogen and oxygen atoms in total. The van der Waals surface area contributed by atoms with Crippen molar-refractivity contribution < 1.29 is 19.5 Å². The zero-order valence-electron chi connectivity index (χ0n) is 11.3. The number of carbonyl (C=O) groups is 3. The van der Waals surface area contributed by atoms with E-state index in [2.05, 4.69) is 5.32 Å². The van der Waals surface area contributed by atoms with Crippen LogP contribution < -0.4 is 5.32 Å². The highest BCUT2D eigenvalue weighted by molar-refractivity contribution is 8.13. The molecule has 0 atom stereocenters. The third-order valence-corrected chi connectivity index (χ3v) is 3.79. The zero-order chi connectivity index (χ0) is 14.5. The van der Waals surface area contributed by atoms with Crippen molar-refractivity contribution in [2.24, 2.45) is 0 Å². The highest BCUT2D eigenvalue weighted by atomic mass is 32.2. The van der Waals surface area contributed by atoms with Crippen LogP contribution in [0, 0.1) is 0 Å². The van der Waals surface area contributed by atoms with Crippen LogP contribution in [0.1, 0.15) is 33.1 Å². The molecular weight excluding hydrogens is 268 g/mol. The van der Waals surface area contributed by atoms with E-state index in [4.69, 9.17) is 5.11 Å². The Morgan fingerprint density at radius 1 is 1.42 bits per heavy atom. The molecule has 1 saturated heterocycles. The molecule has 0 radical (unpaired) electrons. The Labute approximate surface area is 116 Å². The fourth-order valence-electron chi connectivity index (χ4n) is 1.79. The van der Waals surface area contributed by atoms with E-state index >= 15 is 0 Å². The van der Waals surface area contributed by atoms with Crippen molar-refractivity contribution in [2.45, 2.75) is 38.6 Å². The number of carbonyl (C=O) groups excluding carboxylic acids is 2. The van der Waals surface area contributed by atoms with Gasteiger partial charge >= 0.3 is 5.97 Å². The summed E-state index contributed by atoms with van der Waals surface area (Å²) in [6.07, 6.45) is 0.657. The van der Waals surface area contributed by atoms with Gasteiger partial charge in [-0.2, -0.15) is 0 Å². The molecule has 1 heterocycles. The molecule has 1 aliphatic heterocycles. The first-order valence-corrected chi connectivity index (χ1v) is 7.23. The minimum absolute atomic E-state index is 0.0224. The maximum Gasteiger partial charge on any atom is 0.303 e. The second-order valence-electron chi connectivity index (χ2n) is 5.18. The first-order valence-electron chi connectivity index (χ1n) is 6.25. The van der Waals surface area contributed by atoms with Crippen molar-refractivity contribution in [3.63, 3.8) is 0 Å². The molecule has 0 bridgehead atoms. The van der Waals surface area contributed by atoms with Crippen LogP contribution in [0.15, 0.2) is 0 Å². The van der Waals surface area contributed by atoms with Crippen LogP contribution in [0.3, 0.4) is 0 Å². The zero-order valence-corrected chi connectivity index (χ0v) is 12.1. The number of rotatable bonds is 7. The van der Waals surface area contributed by atoms with E-state index in [1.165, 1.54) is 11.8 Å². The predicted molar refractivity (Wildman–Crippen MR) is 73.1 cm³/mol. The Morgan fingerprint density at radius 3 is 2.63 bits per heavy atom. The summed E-state index contributed by atoms with van der Waals surface area (Å²) in [6, 6.07) is 0. The van der Waals surface area contributed by atoms with Gasteiger partial charge in [0.05, 0.1) is 0 Å². The summed E-state index contributed by atoms with van der Waals surface area (Å²) in [6.45, 7) is 4.71. The van der Waals surface area contributed by atoms with E-state index in [-0.39, 0.29) is 24.0 Å². The normalized spacial score (nSPS) is 15.7. The van der Waals surface area contributed by atoms with Gasteiger partial charge in [0.2, 0.25) is 5.91 Å². The number of amides is 2. The van der Waals surface area contributed by atoms with Gasteiger partial charge in [0.25, 0.3) is 5.24 Å². The molecule has 0 aromatic heterocycles. The van der Waals surface area contributed by atoms with Crippen molar-refractivity contribution >= 4 is 28.9 Å². The molecule has 0 spiro atoms. The molecule has 0 aliphatic carbocycles. The van der Waals surface area contributed by atoms with Crippen molar-refractivity contribution in [3.8, 4) is 0 Å². The second-order valence-corrected chi connectivity index (χ2v) is 6.22. The van der Waals surface area contributed by atoms with Crippen molar-refractivity contribution in [3.05, 3.63) is 0 Å². The number of aliphatic carboxylic acids is 1. The molecule has 2 amide bonds. The van der Waals surface area contributed by atoms with Gasteiger partial charge < -0.3 is 15.3 Å². The fraction of sp³-hybridized carbons (Fsp3) is 0.750. The van der Waals surface area contributed by atoms with Gasteiger partial charge in [0.15, 0.2) is 0 Å². The highest BCUT2D eigenvalue weighted by Gasteiger charge is 2.24. The quantitative estimate of drug-likeness (QED) is 0.737. The third kappa shape index (κ3) is 5.96. The Morgan fingerprint density at radius 2 is 2.11 bits per heavy atom. The molecule has 0 aromatic carbocycles. The molecule has 0 saturated carbocycles. The molecule has 0 unspecified atom stereocenters. The molecule has 0 aromatic rings. The lowest BCUT2D eigenvalue weighted by molar-refractivity contribution is -0.137. The van der Waals surface area contributed by atoms with E-state index in [1.54, 1.807) is 18.7 Å². The minimum atomic E-state index is -0.873. The molecular formula is C12H20N2O4S. The first-order chi connectivity index (χ1) is 8.80. The van der Waals surface area contributed by atoms with E-state index in [9.17, 15) is 14.4 Å². The van der Waals surface area contributed by atoms with Gasteiger partial charge in [0.1, 0.15) is 0 Å². The standard InChI is InChI=1S/C12H20N2O4S/c1-12(2,5-3-10(16)17)13-9(15)4-6-14-7-8-19-11(14)18/h3-8H2,1-2H3,(H,13,15)(H,16,17). The lowest BCUT2D eigenvalue weighted by atomic mass is 9.98. The number of hydrogen-bond acceptors (Lipinski definition) is 4. The Hall–Kier alpha value is -1.24. The van der Waals surface area contributed by atoms with E-state index in [1.807, 2.05) is 0 Å². The third-order valence-electron chi connectivity index (χ3n) is 2.90. The molecule has 1 rings (SSSR count). The van der Waals surface area contributed by atoms with Gasteiger partial charge in [-0.05, 0) is 20.3 Å². The Balaban J connectivity index is 2.29. The predicted octanol–water partition coefficient (Wildman–Crippen LogP) is 1.30. The summed E-state index contributed by atoms with van der Waals surface area (Å²) in [5.74, 6) is -0.244. The average Bonchev–Trinajstić information content (AvgIpc) is 2.69. The van der Waals surface area contributed by atoms with Gasteiger partial charge in [-0.25, -0.2) is 0 Å². The SMILES string of the molecule is CC(C)(CCC(=O)O)NC(=O)CCN1CCSC1=O. The number of nitrogens with zero attached hydrogens (tertiary/aromatic N) is 1. The Kier molecular flexibility index (Phi) is 5.65. The molecule has 19 heavy (non-hydrogen) atoms. The summed E-state index contributed by atoms with van der Waals surface area (Å²) in [5.41, 5.74) is -0.542. The summed E-state index contributed by atoms with van der Waals surface area (Å²) in [5, 5.41) is 11.5. The first kappa shape index (κ1) is 15.8. The van der Waals surface area contributed by atoms with Crippen molar-refractivity contribution in [1.82, 2.24) is 10.2 Å². The average molecular weight is 288 g/mol. The lowest BCUT2D eigenvalue weighted by Gasteiger charge is -2.26. The molecule has 108 valence electrons. The van der Waals surface area contributed by atoms with Crippen LogP contribution >= 0.6 is 11.8 Å². The van der Waals surface area contributed by atoms with Crippen LogP contribution in [0.2, 0.25) is 0 Å². The van der Waals surface area contributed by atoms with Crippen LogP contribution in [0.4, 0.5) is 4.79 Å². The maximum absolute atomic E-state index is 11.8. The van der Waals surface area contributed by atoms with E-state index < -0.39 is 11.5 Å². The summed E-state index contributed by atoms with van der Waals surface area (Å²) >= 11 is 1.27. The van der Waals surface area contributed by atoms with Crippen LogP contribution in [-0.4, -0.2) is 51.5 Å². The van der Waals surface area contributed by atoms with Crippen LogP contribution in [-0.2, 0) is 9.59 Å². The largest absolute Gasteiger partial charge is 0.481 e. The number of carboxylic acids is 1. The van der Waals surface area contributed by atoms with E-state index in [0.717, 1.165) is 5.75 Å². The second kappa shape index (κ2) is 6.79. The monoisotopic (exact) mass is 288 g/mol.